The van der Waals surface area contributed by atoms with Crippen LogP contribution in [0.25, 0.3) is 0 Å². The highest BCUT2D eigenvalue weighted by Gasteiger charge is 2.37. The minimum Gasteiger partial charge on any atom is -0.327 e. The van der Waals surface area contributed by atoms with Gasteiger partial charge in [0.1, 0.15) is 0 Å². The minimum atomic E-state index is -0.786. The predicted molar refractivity (Wildman–Crippen MR) is 41.7 cm³/mol. The Kier molecular flexibility index (Phi) is 1.61. The molecular weight excluding hydrogens is 160 g/mol. The largest absolute Gasteiger partial charge is 0.327 e. The lowest BCUT2D eigenvalue weighted by Crippen LogP contribution is -2.03. The van der Waals surface area contributed by atoms with Gasteiger partial charge in [-0.05, 0) is 18.1 Å². The normalized spacial score (nSPS) is 27.2. The van der Waals surface area contributed by atoms with Crippen LogP contribution in [-0.4, -0.2) is 6.04 Å². The van der Waals surface area contributed by atoms with Crippen molar-refractivity contribution in [3.63, 3.8) is 0 Å². The van der Waals surface area contributed by atoms with Gasteiger partial charge in [-0.3, -0.25) is 0 Å². The Hall–Kier alpha value is -0.960. The maximum atomic E-state index is 13.0. The van der Waals surface area contributed by atoms with Gasteiger partial charge < -0.3 is 5.73 Å². The Labute approximate surface area is 69.2 Å². The van der Waals surface area contributed by atoms with Crippen LogP contribution < -0.4 is 5.73 Å². The summed E-state index contributed by atoms with van der Waals surface area (Å²) in [5.41, 5.74) is 5.95. The molecule has 0 spiro atoms. The van der Waals surface area contributed by atoms with Crippen LogP contribution in [-0.2, 0) is 0 Å². The molecule has 0 aliphatic heterocycles. The molecule has 3 heteroatoms. The second kappa shape index (κ2) is 2.52. The van der Waals surface area contributed by atoms with Crippen LogP contribution in [0.4, 0.5) is 8.78 Å². The maximum Gasteiger partial charge on any atom is 0.162 e. The molecule has 1 aromatic rings. The molecule has 2 atom stereocenters. The molecule has 0 saturated heterocycles. The van der Waals surface area contributed by atoms with Crippen molar-refractivity contribution in [1.82, 2.24) is 0 Å². The number of benzene rings is 1. The number of hydrogen-bond donors (Lipinski definition) is 1. The van der Waals surface area contributed by atoms with Crippen LogP contribution in [0.1, 0.15) is 17.9 Å². The van der Waals surface area contributed by atoms with Gasteiger partial charge in [-0.25, -0.2) is 8.78 Å². The topological polar surface area (TPSA) is 26.0 Å². The molecule has 0 heterocycles. The average molecular weight is 169 g/mol. The standard InChI is InChI=1S/C9H9F2N/c10-7-3-1-2-5(9(7)11)6-4-8(6)12/h1-3,6,8H,4,12H2/t6-,8-/m0/s1. The summed E-state index contributed by atoms with van der Waals surface area (Å²) in [5, 5.41) is 0. The summed E-state index contributed by atoms with van der Waals surface area (Å²) in [6.45, 7) is 0. The maximum absolute atomic E-state index is 13.0. The average Bonchev–Trinajstić information content (AvgIpc) is 2.73. The zero-order valence-electron chi connectivity index (χ0n) is 6.43. The van der Waals surface area contributed by atoms with Gasteiger partial charge in [-0.1, -0.05) is 12.1 Å². The van der Waals surface area contributed by atoms with E-state index in [0.29, 0.717) is 5.56 Å². The molecule has 1 aliphatic carbocycles. The summed E-state index contributed by atoms with van der Waals surface area (Å²) in [7, 11) is 0. The third kappa shape index (κ3) is 1.10. The van der Waals surface area contributed by atoms with Crippen LogP contribution in [0.3, 0.4) is 0 Å². The lowest BCUT2D eigenvalue weighted by atomic mass is 10.1. The minimum absolute atomic E-state index is 0.0151. The van der Waals surface area contributed by atoms with Crippen molar-refractivity contribution < 1.29 is 8.78 Å². The second-order valence-corrected chi connectivity index (χ2v) is 3.15. The van der Waals surface area contributed by atoms with Gasteiger partial charge in [0.25, 0.3) is 0 Å². The Bertz CT molecular complexity index is 311. The quantitative estimate of drug-likeness (QED) is 0.681. The molecule has 0 aromatic heterocycles. The van der Waals surface area contributed by atoms with Gasteiger partial charge >= 0.3 is 0 Å². The summed E-state index contributed by atoms with van der Waals surface area (Å²) in [6, 6.07) is 4.24. The highest BCUT2D eigenvalue weighted by Crippen LogP contribution is 2.40. The molecule has 0 bridgehead atoms. The van der Waals surface area contributed by atoms with E-state index in [2.05, 4.69) is 0 Å². The predicted octanol–water partition coefficient (Wildman–Crippen LogP) is 1.78. The van der Waals surface area contributed by atoms with Gasteiger partial charge in [0, 0.05) is 12.0 Å². The van der Waals surface area contributed by atoms with Gasteiger partial charge in [0.15, 0.2) is 11.6 Å². The number of hydrogen-bond acceptors (Lipinski definition) is 1. The first-order valence-corrected chi connectivity index (χ1v) is 3.89. The van der Waals surface area contributed by atoms with E-state index in [4.69, 9.17) is 5.73 Å². The van der Waals surface area contributed by atoms with Crippen molar-refractivity contribution in [2.75, 3.05) is 0 Å². The van der Waals surface area contributed by atoms with Crippen LogP contribution in [0.15, 0.2) is 18.2 Å². The van der Waals surface area contributed by atoms with Gasteiger partial charge in [0.05, 0.1) is 0 Å². The number of halogens is 2. The molecule has 2 rings (SSSR count). The van der Waals surface area contributed by atoms with E-state index in [1.165, 1.54) is 6.07 Å². The fraction of sp³-hybridized carbons (Fsp3) is 0.333. The van der Waals surface area contributed by atoms with Crippen LogP contribution >= 0.6 is 0 Å². The summed E-state index contributed by atoms with van der Waals surface area (Å²) in [6.07, 6.45) is 0.764. The smallest absolute Gasteiger partial charge is 0.162 e. The number of nitrogens with two attached hydrogens (primary N) is 1. The highest BCUT2D eigenvalue weighted by molar-refractivity contribution is 5.29. The van der Waals surface area contributed by atoms with Crippen LogP contribution in [0.5, 0.6) is 0 Å². The molecule has 1 fully saturated rings. The molecule has 64 valence electrons. The molecular formula is C9H9F2N. The fourth-order valence-electron chi connectivity index (χ4n) is 1.38. The van der Waals surface area contributed by atoms with Gasteiger partial charge in [-0.2, -0.15) is 0 Å². The van der Waals surface area contributed by atoms with Crippen molar-refractivity contribution in [3.05, 3.63) is 35.4 Å². The van der Waals surface area contributed by atoms with E-state index in [0.717, 1.165) is 12.5 Å². The Morgan fingerprint density at radius 3 is 2.58 bits per heavy atom. The summed E-state index contributed by atoms with van der Waals surface area (Å²) in [5.74, 6) is -1.50. The van der Waals surface area contributed by atoms with E-state index >= 15 is 0 Å². The molecule has 0 radical (unpaired) electrons. The van der Waals surface area contributed by atoms with Crippen LogP contribution in [0, 0.1) is 11.6 Å². The van der Waals surface area contributed by atoms with Crippen molar-refractivity contribution in [3.8, 4) is 0 Å². The molecule has 0 amide bonds. The van der Waals surface area contributed by atoms with E-state index in [-0.39, 0.29) is 12.0 Å². The molecule has 1 aliphatic rings. The lowest BCUT2D eigenvalue weighted by Gasteiger charge is -2.00. The van der Waals surface area contributed by atoms with Gasteiger partial charge in [-0.15, -0.1) is 0 Å². The lowest BCUT2D eigenvalue weighted by molar-refractivity contribution is 0.498. The molecule has 1 nitrogen and oxygen atoms in total. The molecule has 0 unspecified atom stereocenters. The molecule has 1 saturated carbocycles. The van der Waals surface area contributed by atoms with Crippen molar-refractivity contribution in [1.29, 1.82) is 0 Å². The van der Waals surface area contributed by atoms with E-state index < -0.39 is 11.6 Å². The first-order chi connectivity index (χ1) is 5.70. The third-order valence-electron chi connectivity index (χ3n) is 2.22. The van der Waals surface area contributed by atoms with Crippen molar-refractivity contribution in [2.24, 2.45) is 5.73 Å². The second-order valence-electron chi connectivity index (χ2n) is 3.15. The Morgan fingerprint density at radius 1 is 1.33 bits per heavy atom. The summed E-state index contributed by atoms with van der Waals surface area (Å²) in [4.78, 5) is 0. The molecule has 12 heavy (non-hydrogen) atoms. The SMILES string of the molecule is N[C@H]1C[C@H]1c1cccc(F)c1F. The van der Waals surface area contributed by atoms with Crippen LogP contribution in [0.2, 0.25) is 0 Å². The zero-order valence-corrected chi connectivity index (χ0v) is 6.43. The molecule has 2 N–H and O–H groups in total. The Balaban J connectivity index is 2.38. The summed E-state index contributed by atoms with van der Waals surface area (Å²) < 4.78 is 25.7. The third-order valence-corrected chi connectivity index (χ3v) is 2.22. The van der Waals surface area contributed by atoms with Gasteiger partial charge in [0.2, 0.25) is 0 Å². The van der Waals surface area contributed by atoms with E-state index in [1.807, 2.05) is 0 Å². The van der Waals surface area contributed by atoms with E-state index in [1.54, 1.807) is 6.07 Å². The number of rotatable bonds is 1. The first kappa shape index (κ1) is 7.68. The van der Waals surface area contributed by atoms with Crippen molar-refractivity contribution >= 4 is 0 Å². The molecule has 1 aromatic carbocycles. The van der Waals surface area contributed by atoms with Crippen molar-refractivity contribution in [2.45, 2.75) is 18.4 Å². The highest BCUT2D eigenvalue weighted by atomic mass is 19.2. The summed E-state index contributed by atoms with van der Waals surface area (Å²) >= 11 is 0. The van der Waals surface area contributed by atoms with E-state index in [9.17, 15) is 8.78 Å². The first-order valence-electron chi connectivity index (χ1n) is 3.89. The monoisotopic (exact) mass is 169 g/mol. The zero-order chi connectivity index (χ0) is 8.72. The Morgan fingerprint density at radius 2 is 2.00 bits per heavy atom. The fourth-order valence-corrected chi connectivity index (χ4v) is 1.38.